The molecule has 0 aliphatic carbocycles. The lowest BCUT2D eigenvalue weighted by Crippen LogP contribution is -2.03. The predicted octanol–water partition coefficient (Wildman–Crippen LogP) is 3.11. The standard InChI is InChI=1S/C16H12N4/c17-9-12-5-6-16(19-10-12)20-11-15-14-4-2-1-3-13(14)7-8-18-15/h1-8,10H,11H2,(H,19,20). The third-order valence-electron chi connectivity index (χ3n) is 3.09. The molecule has 0 saturated carbocycles. The molecule has 0 amide bonds. The van der Waals surface area contributed by atoms with Gasteiger partial charge in [-0.2, -0.15) is 5.26 Å². The van der Waals surface area contributed by atoms with Gasteiger partial charge in [-0.25, -0.2) is 4.98 Å². The third-order valence-corrected chi connectivity index (χ3v) is 3.09. The Morgan fingerprint density at radius 3 is 2.75 bits per heavy atom. The average molecular weight is 260 g/mol. The Morgan fingerprint density at radius 1 is 1.05 bits per heavy atom. The monoisotopic (exact) mass is 260 g/mol. The van der Waals surface area contributed by atoms with E-state index >= 15 is 0 Å². The van der Waals surface area contributed by atoms with Gasteiger partial charge in [0.15, 0.2) is 0 Å². The molecule has 0 atom stereocenters. The molecule has 0 unspecified atom stereocenters. The van der Waals surface area contributed by atoms with Gasteiger partial charge in [0.25, 0.3) is 0 Å². The summed E-state index contributed by atoms with van der Waals surface area (Å²) in [5, 5.41) is 14.3. The van der Waals surface area contributed by atoms with Crippen LogP contribution in [0.2, 0.25) is 0 Å². The van der Waals surface area contributed by atoms with Gasteiger partial charge >= 0.3 is 0 Å². The molecule has 4 nitrogen and oxygen atoms in total. The molecular formula is C16H12N4. The number of nitrogens with one attached hydrogen (secondary N) is 1. The molecule has 1 aromatic carbocycles. The highest BCUT2D eigenvalue weighted by Gasteiger charge is 2.02. The topological polar surface area (TPSA) is 61.6 Å². The van der Waals surface area contributed by atoms with Gasteiger partial charge in [-0.1, -0.05) is 24.3 Å². The molecule has 1 N–H and O–H groups in total. The molecule has 0 aliphatic rings. The molecule has 2 heterocycles. The van der Waals surface area contributed by atoms with Gasteiger partial charge in [-0.3, -0.25) is 4.98 Å². The summed E-state index contributed by atoms with van der Waals surface area (Å²) in [4.78, 5) is 8.60. The fourth-order valence-corrected chi connectivity index (χ4v) is 2.06. The lowest BCUT2D eigenvalue weighted by molar-refractivity contribution is 1.05. The molecule has 4 heteroatoms. The number of nitrogens with zero attached hydrogens (tertiary/aromatic N) is 3. The molecule has 3 aromatic rings. The zero-order valence-corrected chi connectivity index (χ0v) is 10.7. The first-order valence-corrected chi connectivity index (χ1v) is 6.29. The van der Waals surface area contributed by atoms with Crippen molar-refractivity contribution in [3.8, 4) is 6.07 Å². The molecule has 0 aliphatic heterocycles. The van der Waals surface area contributed by atoms with Crippen LogP contribution in [0.4, 0.5) is 5.82 Å². The Labute approximate surface area is 116 Å². The lowest BCUT2D eigenvalue weighted by Gasteiger charge is -2.07. The minimum Gasteiger partial charge on any atom is -0.364 e. The van der Waals surface area contributed by atoms with Crippen molar-refractivity contribution in [2.75, 3.05) is 5.32 Å². The van der Waals surface area contributed by atoms with Gasteiger partial charge in [0.1, 0.15) is 11.9 Å². The van der Waals surface area contributed by atoms with E-state index in [2.05, 4.69) is 27.4 Å². The molecule has 3 rings (SSSR count). The van der Waals surface area contributed by atoms with Gasteiger partial charge in [0.05, 0.1) is 17.8 Å². The third kappa shape index (κ3) is 2.43. The van der Waals surface area contributed by atoms with E-state index in [9.17, 15) is 0 Å². The zero-order valence-electron chi connectivity index (χ0n) is 10.7. The van der Waals surface area contributed by atoms with Crippen LogP contribution in [0.25, 0.3) is 10.8 Å². The van der Waals surface area contributed by atoms with Crippen molar-refractivity contribution >= 4 is 16.6 Å². The van der Waals surface area contributed by atoms with Crippen LogP contribution >= 0.6 is 0 Å². The first kappa shape index (κ1) is 12.1. The lowest BCUT2D eigenvalue weighted by atomic mass is 10.1. The minimum atomic E-state index is 0.554. The Balaban J connectivity index is 1.81. The summed E-state index contributed by atoms with van der Waals surface area (Å²) in [6, 6.07) is 15.7. The predicted molar refractivity (Wildman–Crippen MR) is 78.0 cm³/mol. The summed E-state index contributed by atoms with van der Waals surface area (Å²) in [6.45, 7) is 0.597. The smallest absolute Gasteiger partial charge is 0.126 e. The van der Waals surface area contributed by atoms with Crippen LogP contribution in [0.15, 0.2) is 54.9 Å². The van der Waals surface area contributed by atoms with Crippen LogP contribution in [0.1, 0.15) is 11.3 Å². The largest absolute Gasteiger partial charge is 0.364 e. The Morgan fingerprint density at radius 2 is 1.95 bits per heavy atom. The summed E-state index contributed by atoms with van der Waals surface area (Å²) >= 11 is 0. The van der Waals surface area contributed by atoms with E-state index in [-0.39, 0.29) is 0 Å². The number of fused-ring (bicyclic) bond motifs is 1. The molecule has 96 valence electrons. The number of aromatic nitrogens is 2. The van der Waals surface area contributed by atoms with Crippen molar-refractivity contribution in [2.24, 2.45) is 0 Å². The average Bonchev–Trinajstić information content (AvgIpc) is 2.53. The maximum Gasteiger partial charge on any atom is 0.126 e. The van der Waals surface area contributed by atoms with Crippen molar-refractivity contribution in [1.82, 2.24) is 9.97 Å². The minimum absolute atomic E-state index is 0.554. The van der Waals surface area contributed by atoms with Crippen molar-refractivity contribution in [3.63, 3.8) is 0 Å². The SMILES string of the molecule is N#Cc1ccc(NCc2nccc3ccccc23)nc1. The van der Waals surface area contributed by atoms with Gasteiger partial charge in [-0.15, -0.1) is 0 Å². The highest BCUT2D eigenvalue weighted by atomic mass is 15.0. The molecule has 0 saturated heterocycles. The van der Waals surface area contributed by atoms with E-state index < -0.39 is 0 Å². The number of nitriles is 1. The molecule has 0 fully saturated rings. The number of hydrogen-bond acceptors (Lipinski definition) is 4. The Hall–Kier alpha value is -2.93. The van der Waals surface area contributed by atoms with Crippen LogP contribution in [0, 0.1) is 11.3 Å². The van der Waals surface area contributed by atoms with Crippen LogP contribution in [0.5, 0.6) is 0 Å². The fourth-order valence-electron chi connectivity index (χ4n) is 2.06. The van der Waals surface area contributed by atoms with Crippen LogP contribution in [-0.2, 0) is 6.54 Å². The van der Waals surface area contributed by atoms with Gasteiger partial charge in [0.2, 0.25) is 0 Å². The molecular weight excluding hydrogens is 248 g/mol. The molecule has 0 radical (unpaired) electrons. The second kappa shape index (κ2) is 5.37. The van der Waals surface area contributed by atoms with Crippen molar-refractivity contribution in [2.45, 2.75) is 6.54 Å². The highest BCUT2D eigenvalue weighted by Crippen LogP contribution is 2.17. The van der Waals surface area contributed by atoms with E-state index in [4.69, 9.17) is 5.26 Å². The first-order chi connectivity index (χ1) is 9.86. The molecule has 2 aromatic heterocycles. The molecule has 0 bridgehead atoms. The van der Waals surface area contributed by atoms with Crippen molar-refractivity contribution < 1.29 is 0 Å². The fraction of sp³-hybridized carbons (Fsp3) is 0.0625. The Bertz CT molecular complexity index is 767. The summed E-state index contributed by atoms with van der Waals surface area (Å²) in [5.74, 6) is 0.735. The van der Waals surface area contributed by atoms with Crippen LogP contribution in [0.3, 0.4) is 0 Å². The number of hydrogen-bond donors (Lipinski definition) is 1. The van der Waals surface area contributed by atoms with Crippen LogP contribution < -0.4 is 5.32 Å². The Kier molecular flexibility index (Phi) is 3.25. The van der Waals surface area contributed by atoms with E-state index in [1.807, 2.05) is 30.5 Å². The van der Waals surface area contributed by atoms with E-state index in [1.165, 1.54) is 5.39 Å². The number of anilines is 1. The summed E-state index contributed by atoms with van der Waals surface area (Å²) in [6.07, 6.45) is 3.37. The van der Waals surface area contributed by atoms with Gasteiger partial charge < -0.3 is 5.32 Å². The number of benzene rings is 1. The maximum atomic E-state index is 8.73. The van der Waals surface area contributed by atoms with E-state index in [0.29, 0.717) is 12.1 Å². The maximum absolute atomic E-state index is 8.73. The normalized spacial score (nSPS) is 10.2. The van der Waals surface area contributed by atoms with Crippen molar-refractivity contribution in [1.29, 1.82) is 5.26 Å². The second-order valence-corrected chi connectivity index (χ2v) is 4.38. The van der Waals surface area contributed by atoms with E-state index in [1.54, 1.807) is 18.3 Å². The number of pyridine rings is 2. The first-order valence-electron chi connectivity index (χ1n) is 6.29. The highest BCUT2D eigenvalue weighted by molar-refractivity contribution is 5.84. The van der Waals surface area contributed by atoms with E-state index in [0.717, 1.165) is 16.9 Å². The summed E-state index contributed by atoms with van der Waals surface area (Å²) in [5.41, 5.74) is 1.54. The zero-order chi connectivity index (χ0) is 13.8. The van der Waals surface area contributed by atoms with Crippen molar-refractivity contribution in [3.05, 3.63) is 66.1 Å². The van der Waals surface area contributed by atoms with Crippen LogP contribution in [-0.4, -0.2) is 9.97 Å². The summed E-state index contributed by atoms with van der Waals surface area (Å²) < 4.78 is 0. The van der Waals surface area contributed by atoms with Gasteiger partial charge in [0, 0.05) is 17.8 Å². The number of rotatable bonds is 3. The second-order valence-electron chi connectivity index (χ2n) is 4.38. The molecule has 0 spiro atoms. The quantitative estimate of drug-likeness (QED) is 0.786. The van der Waals surface area contributed by atoms with Gasteiger partial charge in [-0.05, 0) is 23.6 Å². The molecule has 20 heavy (non-hydrogen) atoms. The summed E-state index contributed by atoms with van der Waals surface area (Å²) in [7, 11) is 0.